The van der Waals surface area contributed by atoms with E-state index in [1.807, 2.05) is 0 Å². The van der Waals surface area contributed by atoms with Gasteiger partial charge in [-0.15, -0.1) is 0 Å². The highest BCUT2D eigenvalue weighted by atomic mass is 15.4. The van der Waals surface area contributed by atoms with Crippen LogP contribution in [-0.2, 0) is 0 Å². The van der Waals surface area contributed by atoms with Gasteiger partial charge in [0.15, 0.2) is 0 Å². The first-order valence-corrected chi connectivity index (χ1v) is 1.86. The molecule has 0 aliphatic carbocycles. The summed E-state index contributed by atoms with van der Waals surface area (Å²) in [5, 5.41) is 1.56. The number of hydrogen-bond acceptors (Lipinski definition) is 1. The Kier molecular flexibility index (Phi) is 0.596. The maximum atomic E-state index is 6.75. The monoisotopic (exact) mass is 71.1 g/mol. The van der Waals surface area contributed by atoms with Gasteiger partial charge in [-0.2, -0.15) is 5.84 Å². The van der Waals surface area contributed by atoms with Gasteiger partial charge in [-0.25, -0.2) is 5.01 Å². The van der Waals surface area contributed by atoms with Gasteiger partial charge in [0.1, 0.15) is 0 Å². The molecule has 5 heavy (non-hydrogen) atoms. The predicted molar refractivity (Wildman–Crippen MR) is 19.3 cm³/mol. The highest BCUT2D eigenvalue weighted by Gasteiger charge is 2.06. The fourth-order valence-electron chi connectivity index (χ4n) is 0.316. The van der Waals surface area contributed by atoms with Gasteiger partial charge in [0.05, 0.1) is 0 Å². The summed E-state index contributed by atoms with van der Waals surface area (Å²) in [6, 6.07) is 0. The van der Waals surface area contributed by atoms with Crippen molar-refractivity contribution in [3.8, 4) is 0 Å². The summed E-state index contributed by atoms with van der Waals surface area (Å²) in [6.45, 7) is 1.97. The molecule has 1 rings (SSSR count). The molecule has 0 aromatic rings. The molecule has 1 saturated heterocycles. The standard InChI is InChI=1S/C3H7N2/c4-5-2-1-3-5/h4H,1-3H2. The molecule has 0 aromatic heterocycles. The summed E-state index contributed by atoms with van der Waals surface area (Å²) in [5.41, 5.74) is 0. The molecule has 0 atom stereocenters. The Morgan fingerprint density at radius 3 is 1.80 bits per heavy atom. The van der Waals surface area contributed by atoms with Crippen molar-refractivity contribution in [2.24, 2.45) is 0 Å². The molecule has 1 aliphatic heterocycles. The van der Waals surface area contributed by atoms with Crippen molar-refractivity contribution in [3.05, 3.63) is 0 Å². The molecule has 1 heterocycles. The minimum Gasteiger partial charge on any atom is -0.230 e. The summed E-state index contributed by atoms with van der Waals surface area (Å²) in [7, 11) is 0. The lowest BCUT2D eigenvalue weighted by molar-refractivity contribution is 0.171. The Labute approximate surface area is 31.5 Å². The Morgan fingerprint density at radius 2 is 1.80 bits per heavy atom. The van der Waals surface area contributed by atoms with Gasteiger partial charge in [0, 0.05) is 13.1 Å². The topological polar surface area (TPSA) is 27.0 Å². The molecule has 0 spiro atoms. The van der Waals surface area contributed by atoms with Crippen molar-refractivity contribution in [3.63, 3.8) is 0 Å². The van der Waals surface area contributed by atoms with E-state index in [4.69, 9.17) is 5.84 Å². The second kappa shape index (κ2) is 0.954. The Hall–Kier alpha value is -0.0800. The zero-order valence-corrected chi connectivity index (χ0v) is 3.07. The molecule has 0 bridgehead atoms. The van der Waals surface area contributed by atoms with Crippen LogP contribution in [0.3, 0.4) is 0 Å². The normalized spacial score (nSPS) is 25.8. The van der Waals surface area contributed by atoms with E-state index < -0.39 is 0 Å². The van der Waals surface area contributed by atoms with Gasteiger partial charge < -0.3 is 0 Å². The molecule has 2 heteroatoms. The Bertz CT molecular complexity index is 31.9. The highest BCUT2D eigenvalue weighted by molar-refractivity contribution is 4.58. The van der Waals surface area contributed by atoms with E-state index in [-0.39, 0.29) is 0 Å². The van der Waals surface area contributed by atoms with E-state index in [2.05, 4.69) is 0 Å². The first kappa shape index (κ1) is 3.12. The van der Waals surface area contributed by atoms with E-state index in [0.717, 1.165) is 13.1 Å². The van der Waals surface area contributed by atoms with Gasteiger partial charge in [0.25, 0.3) is 0 Å². The van der Waals surface area contributed by atoms with Crippen molar-refractivity contribution in [1.29, 1.82) is 0 Å². The smallest absolute Gasteiger partial charge is 0.0157 e. The molecule has 2 nitrogen and oxygen atoms in total. The van der Waals surface area contributed by atoms with Gasteiger partial charge in [-0.1, -0.05) is 0 Å². The van der Waals surface area contributed by atoms with Gasteiger partial charge >= 0.3 is 0 Å². The van der Waals surface area contributed by atoms with Crippen LogP contribution in [0.25, 0.3) is 0 Å². The fraction of sp³-hybridized carbons (Fsp3) is 1.00. The van der Waals surface area contributed by atoms with Crippen LogP contribution < -0.4 is 5.84 Å². The van der Waals surface area contributed by atoms with E-state index in [9.17, 15) is 0 Å². The largest absolute Gasteiger partial charge is 0.230 e. The van der Waals surface area contributed by atoms with Crippen LogP contribution in [-0.4, -0.2) is 18.1 Å². The number of nitrogens with one attached hydrogen (secondary N) is 1. The molecule has 1 fully saturated rings. The molecule has 1 radical (unpaired) electrons. The first-order valence-electron chi connectivity index (χ1n) is 1.86. The van der Waals surface area contributed by atoms with Crippen molar-refractivity contribution >= 4 is 0 Å². The lowest BCUT2D eigenvalue weighted by Gasteiger charge is -2.22. The second-order valence-corrected chi connectivity index (χ2v) is 1.34. The fourth-order valence-corrected chi connectivity index (χ4v) is 0.316. The average Bonchev–Trinajstić information content (AvgIpc) is 1.30. The van der Waals surface area contributed by atoms with Gasteiger partial charge in [-0.3, -0.25) is 0 Å². The molecular weight excluding hydrogens is 64.0 g/mol. The molecule has 0 saturated carbocycles. The third-order valence-electron chi connectivity index (χ3n) is 0.856. The van der Waals surface area contributed by atoms with Crippen LogP contribution in [0.1, 0.15) is 6.42 Å². The van der Waals surface area contributed by atoms with E-state index in [1.165, 1.54) is 6.42 Å². The summed E-state index contributed by atoms with van der Waals surface area (Å²) < 4.78 is 0. The van der Waals surface area contributed by atoms with E-state index in [0.29, 0.717) is 0 Å². The summed E-state index contributed by atoms with van der Waals surface area (Å²) >= 11 is 0. The quantitative estimate of drug-likeness (QED) is 0.391. The van der Waals surface area contributed by atoms with E-state index in [1.54, 1.807) is 5.01 Å². The highest BCUT2D eigenvalue weighted by Crippen LogP contribution is 1.97. The molecule has 1 aliphatic rings. The van der Waals surface area contributed by atoms with Gasteiger partial charge in [0.2, 0.25) is 0 Å². The van der Waals surface area contributed by atoms with E-state index >= 15 is 0 Å². The Morgan fingerprint density at radius 1 is 1.40 bits per heavy atom. The van der Waals surface area contributed by atoms with Gasteiger partial charge in [-0.05, 0) is 6.42 Å². The molecule has 1 N–H and O–H groups in total. The lowest BCUT2D eigenvalue weighted by atomic mass is 10.3. The van der Waals surface area contributed by atoms with Crippen molar-refractivity contribution in [1.82, 2.24) is 10.9 Å². The molecule has 29 valence electrons. The van der Waals surface area contributed by atoms with Crippen molar-refractivity contribution in [2.45, 2.75) is 6.42 Å². The van der Waals surface area contributed by atoms with Crippen LogP contribution in [0.5, 0.6) is 0 Å². The maximum Gasteiger partial charge on any atom is 0.0157 e. The number of nitrogens with zero attached hydrogens (tertiary/aromatic N) is 1. The van der Waals surface area contributed by atoms with Crippen LogP contribution in [0.2, 0.25) is 0 Å². The number of rotatable bonds is 0. The average molecular weight is 71.1 g/mol. The minimum absolute atomic E-state index is 0.986. The van der Waals surface area contributed by atoms with Crippen LogP contribution in [0.15, 0.2) is 0 Å². The zero-order chi connectivity index (χ0) is 3.70. The zero-order valence-electron chi connectivity index (χ0n) is 3.07. The second-order valence-electron chi connectivity index (χ2n) is 1.34. The van der Waals surface area contributed by atoms with Crippen molar-refractivity contribution < 1.29 is 0 Å². The first-order chi connectivity index (χ1) is 2.39. The lowest BCUT2D eigenvalue weighted by Crippen LogP contribution is -2.35. The Balaban J connectivity index is 2.08. The third kappa shape index (κ3) is 0.412. The van der Waals surface area contributed by atoms with Crippen LogP contribution >= 0.6 is 0 Å². The minimum atomic E-state index is 0.986. The third-order valence-corrected chi connectivity index (χ3v) is 0.856. The summed E-state index contributed by atoms with van der Waals surface area (Å²) in [6.07, 6.45) is 1.23. The summed E-state index contributed by atoms with van der Waals surface area (Å²) in [5.74, 6) is 6.75. The molecular formula is C3H7N2. The molecule has 0 unspecified atom stereocenters. The summed E-state index contributed by atoms with van der Waals surface area (Å²) in [4.78, 5) is 0. The number of hydrogen-bond donors (Lipinski definition) is 0. The predicted octanol–water partition coefficient (Wildman–Crippen LogP) is -0.110. The SMILES string of the molecule is [NH]N1CCC1. The van der Waals surface area contributed by atoms with Crippen LogP contribution in [0, 0.1) is 0 Å². The van der Waals surface area contributed by atoms with Crippen molar-refractivity contribution in [2.75, 3.05) is 13.1 Å². The molecule has 0 aromatic carbocycles. The maximum absolute atomic E-state index is 6.75. The van der Waals surface area contributed by atoms with Crippen LogP contribution in [0.4, 0.5) is 0 Å². The molecule has 0 amide bonds.